The van der Waals surface area contributed by atoms with Crippen LogP contribution in [-0.2, 0) is 0 Å². The summed E-state index contributed by atoms with van der Waals surface area (Å²) in [4.78, 5) is 2.04. The van der Waals surface area contributed by atoms with Crippen molar-refractivity contribution in [3.63, 3.8) is 0 Å². The van der Waals surface area contributed by atoms with E-state index in [0.29, 0.717) is 6.42 Å². The van der Waals surface area contributed by atoms with E-state index < -0.39 is 0 Å². The van der Waals surface area contributed by atoms with E-state index in [1.54, 1.807) is 6.08 Å². The average Bonchev–Trinajstić information content (AvgIpc) is 1.85. The quantitative estimate of drug-likeness (QED) is 0.590. The van der Waals surface area contributed by atoms with E-state index in [1.807, 2.05) is 19.0 Å². The lowest BCUT2D eigenvalue weighted by molar-refractivity contribution is 0.445. The van der Waals surface area contributed by atoms with Gasteiger partial charge in [-0.1, -0.05) is 6.08 Å². The molecule has 1 nitrogen and oxygen atoms in total. The third-order valence-electron chi connectivity index (χ3n) is 1.63. The minimum Gasteiger partial charge on any atom is -0.305 e. The zero-order valence-corrected chi connectivity index (χ0v) is 7.10. The molecule has 0 N–H and O–H groups in total. The first-order valence-electron chi connectivity index (χ1n) is 3.88. The molecule has 62 valence electrons. The van der Waals surface area contributed by atoms with Crippen molar-refractivity contribution in [1.82, 2.24) is 4.90 Å². The summed E-state index contributed by atoms with van der Waals surface area (Å²) in [5.74, 6) is 0.0179. The van der Waals surface area contributed by atoms with Crippen molar-refractivity contribution in [2.45, 2.75) is 12.8 Å². The normalized spacial score (nSPS) is 18.2. The van der Waals surface area contributed by atoms with Crippen LogP contribution in [0.1, 0.15) is 12.8 Å². The maximum atomic E-state index is 12.7. The monoisotopic (exact) mass is 155 g/mol. The highest BCUT2D eigenvalue weighted by Crippen LogP contribution is 2.17. The second-order valence-corrected chi connectivity index (χ2v) is 3.15. The Bertz CT molecular complexity index is 192. The topological polar surface area (TPSA) is 3.24 Å². The van der Waals surface area contributed by atoms with Crippen LogP contribution >= 0.6 is 0 Å². The molecular weight excluding hydrogens is 141 g/mol. The van der Waals surface area contributed by atoms with Gasteiger partial charge in [-0.2, -0.15) is 0 Å². The number of nitrogens with zero attached hydrogens (tertiary/aromatic N) is 1. The van der Waals surface area contributed by atoms with Crippen LogP contribution in [0.4, 0.5) is 4.39 Å². The molecule has 0 aromatic heterocycles. The Labute approximate surface area is 67.2 Å². The van der Waals surface area contributed by atoms with E-state index in [2.05, 4.69) is 6.08 Å². The van der Waals surface area contributed by atoms with Gasteiger partial charge in [0.05, 0.1) is 0 Å². The van der Waals surface area contributed by atoms with E-state index in [0.717, 1.165) is 18.5 Å². The van der Waals surface area contributed by atoms with Crippen molar-refractivity contribution in [2.24, 2.45) is 0 Å². The number of allylic oxidation sites excluding steroid dienone is 2. The van der Waals surface area contributed by atoms with Gasteiger partial charge < -0.3 is 4.90 Å². The van der Waals surface area contributed by atoms with Gasteiger partial charge in [0.1, 0.15) is 5.83 Å². The first-order chi connectivity index (χ1) is 5.18. The Kier molecular flexibility index (Phi) is 2.83. The van der Waals surface area contributed by atoms with E-state index in [9.17, 15) is 4.39 Å². The van der Waals surface area contributed by atoms with Crippen LogP contribution in [0.3, 0.4) is 0 Å². The molecule has 0 bridgehead atoms. The summed E-state index contributed by atoms with van der Waals surface area (Å²) in [7, 11) is 3.97. The summed E-state index contributed by atoms with van der Waals surface area (Å²) < 4.78 is 12.7. The van der Waals surface area contributed by atoms with Gasteiger partial charge in [0.2, 0.25) is 0 Å². The molecule has 0 amide bonds. The fraction of sp³-hybridized carbons (Fsp3) is 0.556. The Morgan fingerprint density at radius 1 is 1.55 bits per heavy atom. The fourth-order valence-corrected chi connectivity index (χ4v) is 1.20. The zero-order chi connectivity index (χ0) is 8.27. The number of halogens is 1. The van der Waals surface area contributed by atoms with Crippen molar-refractivity contribution >= 4 is 0 Å². The molecule has 0 aromatic carbocycles. The van der Waals surface area contributed by atoms with E-state index in [4.69, 9.17) is 0 Å². The van der Waals surface area contributed by atoms with Crippen LogP contribution in [0.2, 0.25) is 0 Å². The molecular formula is C9H14FN. The van der Waals surface area contributed by atoms with Gasteiger partial charge in [0.15, 0.2) is 0 Å². The molecule has 1 rings (SSSR count). The van der Waals surface area contributed by atoms with Gasteiger partial charge in [-0.05, 0) is 32.2 Å². The Hall–Kier alpha value is -0.630. The molecule has 1 aliphatic rings. The number of likely N-dealkylation sites (N-methyl/N-ethyl adjacent to an activating group) is 1. The van der Waals surface area contributed by atoms with Crippen molar-refractivity contribution < 1.29 is 4.39 Å². The van der Waals surface area contributed by atoms with Gasteiger partial charge >= 0.3 is 0 Å². The van der Waals surface area contributed by atoms with Crippen LogP contribution < -0.4 is 0 Å². The third kappa shape index (κ3) is 2.85. The lowest BCUT2D eigenvalue weighted by atomic mass is 10.1. The SMILES string of the molecule is CN(C)CC1=CCCC(F)=C1. The standard InChI is InChI=1S/C9H14FN/c1-11(2)7-8-4-3-5-9(10)6-8/h4,6H,3,5,7H2,1-2H3. The van der Waals surface area contributed by atoms with Crippen LogP contribution in [0.25, 0.3) is 0 Å². The van der Waals surface area contributed by atoms with Gasteiger partial charge in [-0.3, -0.25) is 0 Å². The lowest BCUT2D eigenvalue weighted by Crippen LogP contribution is -2.15. The van der Waals surface area contributed by atoms with Crippen molar-refractivity contribution in [1.29, 1.82) is 0 Å². The summed E-state index contributed by atoms with van der Waals surface area (Å²) in [5, 5.41) is 0. The number of hydrogen-bond acceptors (Lipinski definition) is 1. The molecule has 1 aliphatic carbocycles. The maximum absolute atomic E-state index is 12.7. The molecule has 0 radical (unpaired) electrons. The van der Waals surface area contributed by atoms with Crippen molar-refractivity contribution in [3.8, 4) is 0 Å². The van der Waals surface area contributed by atoms with Crippen molar-refractivity contribution in [3.05, 3.63) is 23.6 Å². The second-order valence-electron chi connectivity index (χ2n) is 3.15. The first kappa shape index (κ1) is 8.47. The molecule has 0 aromatic rings. The molecule has 0 spiro atoms. The van der Waals surface area contributed by atoms with Crippen LogP contribution in [0.15, 0.2) is 23.6 Å². The molecule has 11 heavy (non-hydrogen) atoms. The second kappa shape index (κ2) is 3.67. The number of hydrogen-bond donors (Lipinski definition) is 0. The molecule has 0 aliphatic heterocycles. The highest BCUT2D eigenvalue weighted by Gasteiger charge is 2.04. The molecule has 0 saturated heterocycles. The predicted octanol–water partition coefficient (Wildman–Crippen LogP) is 2.12. The van der Waals surface area contributed by atoms with Crippen LogP contribution in [-0.4, -0.2) is 25.5 Å². The minimum atomic E-state index is 0.0179. The molecule has 0 heterocycles. The Balaban J connectivity index is 2.52. The summed E-state index contributed by atoms with van der Waals surface area (Å²) in [6, 6.07) is 0. The smallest absolute Gasteiger partial charge is 0.101 e. The van der Waals surface area contributed by atoms with Gasteiger partial charge in [-0.25, -0.2) is 4.39 Å². The van der Waals surface area contributed by atoms with Gasteiger partial charge in [0.25, 0.3) is 0 Å². The summed E-state index contributed by atoms with van der Waals surface area (Å²) in [6.07, 6.45) is 5.18. The fourth-order valence-electron chi connectivity index (χ4n) is 1.20. The highest BCUT2D eigenvalue weighted by atomic mass is 19.1. The number of rotatable bonds is 2. The van der Waals surface area contributed by atoms with E-state index in [-0.39, 0.29) is 5.83 Å². The average molecular weight is 155 g/mol. The van der Waals surface area contributed by atoms with E-state index in [1.165, 1.54) is 0 Å². The van der Waals surface area contributed by atoms with Gasteiger partial charge in [-0.15, -0.1) is 0 Å². The van der Waals surface area contributed by atoms with Crippen LogP contribution in [0, 0.1) is 0 Å². The molecule has 2 heteroatoms. The summed E-state index contributed by atoms with van der Waals surface area (Å²) in [5.41, 5.74) is 1.10. The third-order valence-corrected chi connectivity index (χ3v) is 1.63. The largest absolute Gasteiger partial charge is 0.305 e. The molecule has 0 unspecified atom stereocenters. The Morgan fingerprint density at radius 2 is 2.27 bits per heavy atom. The first-order valence-corrected chi connectivity index (χ1v) is 3.88. The van der Waals surface area contributed by atoms with Crippen LogP contribution in [0.5, 0.6) is 0 Å². The molecule has 0 saturated carbocycles. The summed E-state index contributed by atoms with van der Waals surface area (Å²) >= 11 is 0. The Morgan fingerprint density at radius 3 is 2.82 bits per heavy atom. The molecule has 0 fully saturated rings. The minimum absolute atomic E-state index is 0.0179. The molecule has 0 atom stereocenters. The van der Waals surface area contributed by atoms with Gasteiger partial charge in [0, 0.05) is 13.0 Å². The highest BCUT2D eigenvalue weighted by molar-refractivity contribution is 5.25. The summed E-state index contributed by atoms with van der Waals surface area (Å²) in [6.45, 7) is 0.841. The zero-order valence-electron chi connectivity index (χ0n) is 7.10. The van der Waals surface area contributed by atoms with E-state index >= 15 is 0 Å². The lowest BCUT2D eigenvalue weighted by Gasteiger charge is -2.13. The van der Waals surface area contributed by atoms with Crippen molar-refractivity contribution in [2.75, 3.05) is 20.6 Å². The maximum Gasteiger partial charge on any atom is 0.101 e. The predicted molar refractivity (Wildman–Crippen MR) is 45.1 cm³/mol.